The number of nitrogens with one attached hydrogen (secondary N) is 1. The molecule has 1 aromatic heterocycles. The third-order valence-corrected chi connectivity index (χ3v) is 2.34. The van der Waals surface area contributed by atoms with Crippen LogP contribution in [0.15, 0.2) is 37.1 Å². The van der Waals surface area contributed by atoms with Crippen molar-refractivity contribution >= 4 is 12.1 Å². The lowest BCUT2D eigenvalue weighted by molar-refractivity contribution is -0.139. The zero-order chi connectivity index (χ0) is 14.1. The van der Waals surface area contributed by atoms with Gasteiger partial charge in [-0.1, -0.05) is 18.7 Å². The smallest absolute Gasteiger partial charge is 0.408 e. The SMILES string of the molecule is C=CCOC(=O)NC(CCc1ccccn1)C(=O)O. The summed E-state index contributed by atoms with van der Waals surface area (Å²) in [6.07, 6.45) is 2.98. The molecule has 0 saturated heterocycles. The monoisotopic (exact) mass is 264 g/mol. The summed E-state index contributed by atoms with van der Waals surface area (Å²) in [7, 11) is 0. The van der Waals surface area contributed by atoms with Gasteiger partial charge < -0.3 is 15.2 Å². The van der Waals surface area contributed by atoms with Crippen LogP contribution in [0.2, 0.25) is 0 Å². The molecule has 1 aromatic rings. The van der Waals surface area contributed by atoms with Crippen molar-refractivity contribution in [1.29, 1.82) is 0 Å². The Hall–Kier alpha value is -2.37. The number of hydrogen-bond donors (Lipinski definition) is 2. The van der Waals surface area contributed by atoms with Crippen molar-refractivity contribution in [3.8, 4) is 0 Å². The molecule has 0 aromatic carbocycles. The van der Waals surface area contributed by atoms with E-state index >= 15 is 0 Å². The zero-order valence-electron chi connectivity index (χ0n) is 10.4. The second-order valence-electron chi connectivity index (χ2n) is 3.78. The van der Waals surface area contributed by atoms with Crippen LogP contribution in [0, 0.1) is 0 Å². The minimum atomic E-state index is -1.11. The molecule has 0 aliphatic carbocycles. The third-order valence-electron chi connectivity index (χ3n) is 2.34. The fourth-order valence-corrected chi connectivity index (χ4v) is 1.41. The Morgan fingerprint density at radius 2 is 2.32 bits per heavy atom. The normalized spacial score (nSPS) is 11.4. The van der Waals surface area contributed by atoms with E-state index in [0.29, 0.717) is 6.42 Å². The molecule has 0 saturated carbocycles. The number of aryl methyl sites for hydroxylation is 1. The van der Waals surface area contributed by atoms with E-state index in [4.69, 9.17) is 5.11 Å². The standard InChI is InChI=1S/C13H16N2O4/c1-2-9-19-13(18)15-11(12(16)17)7-6-10-5-3-4-8-14-10/h2-5,8,11H,1,6-7,9H2,(H,15,18)(H,16,17). The molecule has 6 heteroatoms. The molecular weight excluding hydrogens is 248 g/mol. The quantitative estimate of drug-likeness (QED) is 0.726. The first-order chi connectivity index (χ1) is 9.13. The minimum absolute atomic E-state index is 0.0401. The van der Waals surface area contributed by atoms with Crippen LogP contribution in [-0.2, 0) is 16.0 Å². The number of carboxylic acids is 1. The second-order valence-corrected chi connectivity index (χ2v) is 3.78. The number of carbonyl (C=O) groups is 2. The number of ether oxygens (including phenoxy) is 1. The maximum Gasteiger partial charge on any atom is 0.408 e. The topological polar surface area (TPSA) is 88.5 Å². The lowest BCUT2D eigenvalue weighted by Crippen LogP contribution is -2.41. The highest BCUT2D eigenvalue weighted by Gasteiger charge is 2.20. The van der Waals surface area contributed by atoms with Crippen molar-refractivity contribution in [3.63, 3.8) is 0 Å². The summed E-state index contributed by atoms with van der Waals surface area (Å²) in [6.45, 7) is 3.43. The number of pyridine rings is 1. The number of nitrogens with zero attached hydrogens (tertiary/aromatic N) is 1. The molecule has 0 aliphatic rings. The molecule has 1 rings (SSSR count). The fourth-order valence-electron chi connectivity index (χ4n) is 1.41. The van der Waals surface area contributed by atoms with E-state index in [1.54, 1.807) is 18.3 Å². The molecular formula is C13H16N2O4. The number of rotatable bonds is 7. The average molecular weight is 264 g/mol. The number of carbonyl (C=O) groups excluding carboxylic acids is 1. The van der Waals surface area contributed by atoms with Crippen LogP contribution in [-0.4, -0.2) is 34.8 Å². The number of aromatic nitrogens is 1. The van der Waals surface area contributed by atoms with Crippen molar-refractivity contribution in [2.75, 3.05) is 6.61 Å². The van der Waals surface area contributed by atoms with Gasteiger partial charge in [0.15, 0.2) is 0 Å². The van der Waals surface area contributed by atoms with E-state index in [1.165, 1.54) is 6.08 Å². The van der Waals surface area contributed by atoms with Gasteiger partial charge in [0.05, 0.1) is 0 Å². The first kappa shape index (κ1) is 14.7. The molecule has 0 fully saturated rings. The van der Waals surface area contributed by atoms with Crippen molar-refractivity contribution in [1.82, 2.24) is 10.3 Å². The molecule has 1 amide bonds. The first-order valence-electron chi connectivity index (χ1n) is 5.80. The summed E-state index contributed by atoms with van der Waals surface area (Å²) >= 11 is 0. The van der Waals surface area contributed by atoms with E-state index in [2.05, 4.69) is 21.6 Å². The molecule has 0 spiro atoms. The van der Waals surface area contributed by atoms with Crippen LogP contribution in [0.1, 0.15) is 12.1 Å². The van der Waals surface area contributed by atoms with E-state index in [9.17, 15) is 9.59 Å². The Labute approximate surface area is 111 Å². The molecule has 19 heavy (non-hydrogen) atoms. The Bertz CT molecular complexity index is 434. The van der Waals surface area contributed by atoms with Crippen LogP contribution in [0.4, 0.5) is 4.79 Å². The zero-order valence-corrected chi connectivity index (χ0v) is 10.4. The molecule has 0 aliphatic heterocycles. The first-order valence-corrected chi connectivity index (χ1v) is 5.80. The summed E-state index contributed by atoms with van der Waals surface area (Å²) in [4.78, 5) is 26.4. The summed E-state index contributed by atoms with van der Waals surface area (Å²) in [5.41, 5.74) is 0.773. The van der Waals surface area contributed by atoms with Crippen LogP contribution in [0.25, 0.3) is 0 Å². The third kappa shape index (κ3) is 5.67. The summed E-state index contributed by atoms with van der Waals surface area (Å²) in [6, 6.07) is 4.40. The van der Waals surface area contributed by atoms with Crippen LogP contribution < -0.4 is 5.32 Å². The molecule has 6 nitrogen and oxygen atoms in total. The number of carboxylic acid groups (broad SMARTS) is 1. The Morgan fingerprint density at radius 3 is 2.89 bits per heavy atom. The van der Waals surface area contributed by atoms with Crippen molar-refractivity contribution in [2.45, 2.75) is 18.9 Å². The van der Waals surface area contributed by atoms with Gasteiger partial charge in [-0.15, -0.1) is 0 Å². The van der Waals surface area contributed by atoms with Gasteiger partial charge >= 0.3 is 12.1 Å². The van der Waals surface area contributed by atoms with Crippen molar-refractivity contribution < 1.29 is 19.4 Å². The Morgan fingerprint density at radius 1 is 1.53 bits per heavy atom. The molecule has 1 unspecified atom stereocenters. The number of hydrogen-bond acceptors (Lipinski definition) is 4. The lowest BCUT2D eigenvalue weighted by atomic mass is 10.1. The summed E-state index contributed by atoms with van der Waals surface area (Å²) < 4.78 is 4.68. The van der Waals surface area contributed by atoms with E-state index in [1.807, 2.05) is 6.07 Å². The highest BCUT2D eigenvalue weighted by Crippen LogP contribution is 2.03. The fraction of sp³-hybridized carbons (Fsp3) is 0.308. The number of amides is 1. The number of aliphatic carboxylic acids is 1. The molecule has 1 atom stereocenters. The van der Waals surface area contributed by atoms with Gasteiger partial charge in [-0.3, -0.25) is 4.98 Å². The van der Waals surface area contributed by atoms with Crippen molar-refractivity contribution in [2.24, 2.45) is 0 Å². The van der Waals surface area contributed by atoms with Crippen LogP contribution in [0.5, 0.6) is 0 Å². The van der Waals surface area contributed by atoms with Gasteiger partial charge in [-0.2, -0.15) is 0 Å². The molecule has 2 N–H and O–H groups in total. The second kappa shape index (κ2) is 7.86. The van der Waals surface area contributed by atoms with Crippen LogP contribution >= 0.6 is 0 Å². The highest BCUT2D eigenvalue weighted by molar-refractivity contribution is 5.79. The maximum atomic E-state index is 11.3. The lowest BCUT2D eigenvalue weighted by Gasteiger charge is -2.13. The Balaban J connectivity index is 2.47. The van der Waals surface area contributed by atoms with Gasteiger partial charge in [0.2, 0.25) is 0 Å². The predicted molar refractivity (Wildman–Crippen MR) is 68.7 cm³/mol. The van der Waals surface area contributed by atoms with E-state index < -0.39 is 18.1 Å². The summed E-state index contributed by atoms with van der Waals surface area (Å²) in [5, 5.41) is 11.3. The summed E-state index contributed by atoms with van der Waals surface area (Å²) in [5.74, 6) is -1.11. The van der Waals surface area contributed by atoms with Gasteiger partial charge in [0.1, 0.15) is 12.6 Å². The van der Waals surface area contributed by atoms with Gasteiger partial charge in [-0.25, -0.2) is 9.59 Å². The largest absolute Gasteiger partial charge is 0.480 e. The van der Waals surface area contributed by atoms with Crippen molar-refractivity contribution in [3.05, 3.63) is 42.7 Å². The van der Waals surface area contributed by atoms with Gasteiger partial charge in [-0.05, 0) is 25.0 Å². The van der Waals surface area contributed by atoms with Crippen LogP contribution in [0.3, 0.4) is 0 Å². The predicted octanol–water partition coefficient (Wildman–Crippen LogP) is 1.38. The number of alkyl carbamates (subject to hydrolysis) is 1. The van der Waals surface area contributed by atoms with E-state index in [-0.39, 0.29) is 13.0 Å². The Kier molecular flexibility index (Phi) is 6.08. The highest BCUT2D eigenvalue weighted by atomic mass is 16.5. The molecule has 0 radical (unpaired) electrons. The average Bonchev–Trinajstić information content (AvgIpc) is 2.42. The maximum absolute atomic E-state index is 11.3. The molecule has 1 heterocycles. The van der Waals surface area contributed by atoms with Gasteiger partial charge in [0, 0.05) is 11.9 Å². The molecule has 0 bridgehead atoms. The molecule has 102 valence electrons. The van der Waals surface area contributed by atoms with E-state index in [0.717, 1.165) is 5.69 Å². The van der Waals surface area contributed by atoms with Gasteiger partial charge in [0.25, 0.3) is 0 Å². The minimum Gasteiger partial charge on any atom is -0.480 e.